The van der Waals surface area contributed by atoms with Gasteiger partial charge in [0.1, 0.15) is 17.2 Å². The molecule has 0 bridgehead atoms. The second kappa shape index (κ2) is 10.5. The first-order valence-corrected chi connectivity index (χ1v) is 10.8. The van der Waals surface area contributed by atoms with Crippen LogP contribution in [-0.4, -0.2) is 41.8 Å². The molecular formula is C23H29ClF3N3O3. The molecule has 1 atom stereocenters. The Morgan fingerprint density at radius 3 is 2.58 bits per heavy atom. The van der Waals surface area contributed by atoms with Gasteiger partial charge in [-0.25, -0.2) is 9.79 Å². The minimum absolute atomic E-state index is 0.183. The first kappa shape index (κ1) is 26.6. The van der Waals surface area contributed by atoms with Crippen molar-refractivity contribution < 1.29 is 27.4 Å². The van der Waals surface area contributed by atoms with Gasteiger partial charge in [-0.15, -0.1) is 13.2 Å². The highest BCUT2D eigenvalue weighted by atomic mass is 35.5. The smallest absolute Gasteiger partial charge is 0.444 e. The number of ether oxygens (including phenoxy) is 2. The monoisotopic (exact) mass is 487 g/mol. The minimum atomic E-state index is -4.87. The zero-order valence-corrected chi connectivity index (χ0v) is 20.1. The summed E-state index contributed by atoms with van der Waals surface area (Å²) in [7, 11) is 0. The van der Waals surface area contributed by atoms with Gasteiger partial charge in [-0.2, -0.15) is 0 Å². The number of hydrogen-bond donors (Lipinski definition) is 1. The van der Waals surface area contributed by atoms with Gasteiger partial charge >= 0.3 is 12.5 Å². The van der Waals surface area contributed by atoms with E-state index < -0.39 is 23.8 Å². The van der Waals surface area contributed by atoms with Crippen LogP contribution in [0.15, 0.2) is 47.2 Å². The number of benzene rings is 1. The summed E-state index contributed by atoms with van der Waals surface area (Å²) in [6, 6.07) is 3.87. The number of amides is 1. The molecule has 1 aliphatic rings. The maximum Gasteiger partial charge on any atom is 0.573 e. The lowest BCUT2D eigenvalue weighted by molar-refractivity contribution is -0.274. The van der Waals surface area contributed by atoms with Crippen molar-refractivity contribution in [2.45, 2.75) is 53.0 Å². The average Bonchev–Trinajstić information content (AvgIpc) is 3.04. The SMILES string of the molecule is C=C(N=C1CN(C(=O)OC(C)(C)C)C/C1=C/C(C)CC)Nc1ccc(Cl)c(OC(F)(F)F)c1. The summed E-state index contributed by atoms with van der Waals surface area (Å²) in [6.07, 6.45) is -2.36. The van der Waals surface area contributed by atoms with Gasteiger partial charge in [-0.3, -0.25) is 4.90 Å². The number of anilines is 1. The number of nitrogens with one attached hydrogen (secondary N) is 1. The highest BCUT2D eigenvalue weighted by Crippen LogP contribution is 2.33. The van der Waals surface area contributed by atoms with Crippen LogP contribution >= 0.6 is 11.6 Å². The first-order valence-electron chi connectivity index (χ1n) is 10.4. The molecule has 33 heavy (non-hydrogen) atoms. The molecular weight excluding hydrogens is 459 g/mol. The number of halogens is 4. The highest BCUT2D eigenvalue weighted by Gasteiger charge is 2.33. The van der Waals surface area contributed by atoms with Crippen molar-refractivity contribution in [2.24, 2.45) is 10.9 Å². The van der Waals surface area contributed by atoms with Crippen LogP contribution in [-0.2, 0) is 4.74 Å². The third-order valence-electron chi connectivity index (χ3n) is 4.57. The molecule has 1 heterocycles. The average molecular weight is 488 g/mol. The Labute approximate surface area is 197 Å². The van der Waals surface area contributed by atoms with Crippen molar-refractivity contribution in [1.29, 1.82) is 0 Å². The number of carbonyl (C=O) groups is 1. The Hall–Kier alpha value is -2.68. The molecule has 0 aromatic heterocycles. The van der Waals surface area contributed by atoms with E-state index in [1.165, 1.54) is 12.1 Å². The van der Waals surface area contributed by atoms with Gasteiger partial charge in [-0.05, 0) is 44.4 Å². The van der Waals surface area contributed by atoms with Crippen molar-refractivity contribution in [2.75, 3.05) is 18.4 Å². The molecule has 1 fully saturated rings. The molecule has 1 N–H and O–H groups in total. The summed E-state index contributed by atoms with van der Waals surface area (Å²) in [6.45, 7) is 13.9. The maximum absolute atomic E-state index is 12.6. The van der Waals surface area contributed by atoms with E-state index in [9.17, 15) is 18.0 Å². The van der Waals surface area contributed by atoms with Crippen LogP contribution in [0.1, 0.15) is 41.0 Å². The fourth-order valence-corrected chi connectivity index (χ4v) is 3.11. The van der Waals surface area contributed by atoms with E-state index in [0.717, 1.165) is 18.1 Å². The quantitative estimate of drug-likeness (QED) is 0.480. The molecule has 182 valence electrons. The Kier molecular flexibility index (Phi) is 8.46. The molecule has 10 heteroatoms. The lowest BCUT2D eigenvalue weighted by Crippen LogP contribution is -2.35. The molecule has 1 amide bonds. The second-order valence-electron chi connectivity index (χ2n) is 8.74. The van der Waals surface area contributed by atoms with Crippen LogP contribution < -0.4 is 10.1 Å². The summed E-state index contributed by atoms with van der Waals surface area (Å²) in [5, 5.41) is 2.66. The Morgan fingerprint density at radius 2 is 2.00 bits per heavy atom. The van der Waals surface area contributed by atoms with E-state index in [0.29, 0.717) is 12.3 Å². The van der Waals surface area contributed by atoms with Gasteiger partial charge in [0.25, 0.3) is 0 Å². The van der Waals surface area contributed by atoms with E-state index >= 15 is 0 Å². The molecule has 0 saturated carbocycles. The van der Waals surface area contributed by atoms with Gasteiger partial charge in [0.05, 0.1) is 23.8 Å². The number of hydrogen-bond acceptors (Lipinski definition) is 5. The summed E-state index contributed by atoms with van der Waals surface area (Å²) in [4.78, 5) is 18.6. The molecule has 1 saturated heterocycles. The minimum Gasteiger partial charge on any atom is -0.444 e. The van der Waals surface area contributed by atoms with Crippen molar-refractivity contribution in [3.05, 3.63) is 47.3 Å². The molecule has 1 aromatic carbocycles. The largest absolute Gasteiger partial charge is 0.573 e. The van der Waals surface area contributed by atoms with Crippen LogP contribution in [0, 0.1) is 5.92 Å². The number of carbonyl (C=O) groups excluding carboxylic acids is 1. The number of likely N-dealkylation sites (tertiary alicyclic amines) is 1. The zero-order chi connectivity index (χ0) is 25.0. The molecule has 1 aliphatic heterocycles. The zero-order valence-electron chi connectivity index (χ0n) is 19.3. The lowest BCUT2D eigenvalue weighted by atomic mass is 10.0. The summed E-state index contributed by atoms with van der Waals surface area (Å²) in [5.74, 6) is -0.0846. The molecule has 1 aromatic rings. The predicted octanol–water partition coefficient (Wildman–Crippen LogP) is 6.79. The van der Waals surface area contributed by atoms with Gasteiger partial charge < -0.3 is 14.8 Å². The number of nitrogens with zero attached hydrogens (tertiary/aromatic N) is 2. The first-order chi connectivity index (χ1) is 15.2. The number of allylic oxidation sites excluding steroid dienone is 1. The van der Waals surface area contributed by atoms with Crippen LogP contribution in [0.5, 0.6) is 5.75 Å². The molecule has 0 radical (unpaired) electrons. The fraction of sp³-hybridized carbons (Fsp3) is 0.478. The van der Waals surface area contributed by atoms with Gasteiger partial charge in [0.2, 0.25) is 0 Å². The molecule has 1 unspecified atom stereocenters. The lowest BCUT2D eigenvalue weighted by Gasteiger charge is -2.23. The number of alkyl halides is 3. The van der Waals surface area contributed by atoms with Crippen molar-refractivity contribution in [3.8, 4) is 5.75 Å². The molecule has 0 spiro atoms. The van der Waals surface area contributed by atoms with Crippen molar-refractivity contribution >= 4 is 29.1 Å². The third kappa shape index (κ3) is 8.64. The van der Waals surface area contributed by atoms with Gasteiger partial charge in [0.15, 0.2) is 0 Å². The van der Waals surface area contributed by atoms with Crippen LogP contribution in [0.3, 0.4) is 0 Å². The van der Waals surface area contributed by atoms with E-state index in [1.807, 2.05) is 6.08 Å². The van der Waals surface area contributed by atoms with Crippen molar-refractivity contribution in [1.82, 2.24) is 4.90 Å². The normalized spacial score (nSPS) is 17.9. The number of aliphatic imine (C=N–C) groups is 1. The maximum atomic E-state index is 12.6. The van der Waals surface area contributed by atoms with E-state index in [-0.39, 0.29) is 29.0 Å². The molecule has 0 aliphatic carbocycles. The van der Waals surface area contributed by atoms with Crippen LogP contribution in [0.25, 0.3) is 0 Å². The van der Waals surface area contributed by atoms with Crippen LogP contribution in [0.2, 0.25) is 5.02 Å². The van der Waals surface area contributed by atoms with Gasteiger partial charge in [-0.1, -0.05) is 44.5 Å². The standard InChI is InChI=1S/C23H29ClF3N3O3/c1-7-14(2)10-16-12-30(21(31)33-22(4,5)6)13-19(16)29-15(3)28-17-8-9-18(24)20(11-17)32-23(25,26)27/h8-11,14,28H,3,7,12-13H2,1-2,4-6H3/b16-10-,29-19?. The van der Waals surface area contributed by atoms with Crippen molar-refractivity contribution in [3.63, 3.8) is 0 Å². The van der Waals surface area contributed by atoms with Crippen LogP contribution in [0.4, 0.5) is 23.7 Å². The summed E-state index contributed by atoms with van der Waals surface area (Å²) >= 11 is 5.79. The Balaban J connectivity index is 2.23. The predicted molar refractivity (Wildman–Crippen MR) is 124 cm³/mol. The Bertz CT molecular complexity index is 952. The molecule has 6 nitrogen and oxygen atoms in total. The van der Waals surface area contributed by atoms with E-state index in [1.54, 1.807) is 25.7 Å². The molecule has 2 rings (SSSR count). The second-order valence-corrected chi connectivity index (χ2v) is 9.14. The fourth-order valence-electron chi connectivity index (χ4n) is 2.95. The summed E-state index contributed by atoms with van der Waals surface area (Å²) in [5.41, 5.74) is 1.13. The number of rotatable bonds is 6. The topological polar surface area (TPSA) is 63.2 Å². The third-order valence-corrected chi connectivity index (χ3v) is 4.88. The van der Waals surface area contributed by atoms with E-state index in [2.05, 4.69) is 35.5 Å². The Morgan fingerprint density at radius 1 is 1.33 bits per heavy atom. The highest BCUT2D eigenvalue weighted by molar-refractivity contribution is 6.32. The van der Waals surface area contributed by atoms with E-state index in [4.69, 9.17) is 16.3 Å². The summed E-state index contributed by atoms with van der Waals surface area (Å²) < 4.78 is 47.1. The van der Waals surface area contributed by atoms with Gasteiger partial charge in [0, 0.05) is 11.8 Å².